The average Bonchev–Trinajstić information content (AvgIpc) is 2.48. The van der Waals surface area contributed by atoms with Gasteiger partial charge in [-0.1, -0.05) is 41.6 Å². The van der Waals surface area contributed by atoms with Crippen LogP contribution in [0.15, 0.2) is 59.8 Å². The summed E-state index contributed by atoms with van der Waals surface area (Å²) in [7, 11) is 0. The standard InChI is InChI=1S/C15H14N2O2/c1-11(17-19)13-9-5-6-10-14(13)16-15(18)12-7-3-2-4-8-12/h2-10,19H,1H3,(H,16,18)/b17-11+. The van der Waals surface area contributed by atoms with Gasteiger partial charge in [0.2, 0.25) is 0 Å². The number of oxime groups is 1. The fourth-order valence-electron chi connectivity index (χ4n) is 1.75. The van der Waals surface area contributed by atoms with E-state index >= 15 is 0 Å². The van der Waals surface area contributed by atoms with Crippen molar-refractivity contribution < 1.29 is 10.0 Å². The molecule has 0 heterocycles. The van der Waals surface area contributed by atoms with E-state index in [-0.39, 0.29) is 5.91 Å². The lowest BCUT2D eigenvalue weighted by Gasteiger charge is -2.10. The Labute approximate surface area is 111 Å². The number of amides is 1. The Hall–Kier alpha value is -2.62. The first-order valence-corrected chi connectivity index (χ1v) is 5.87. The molecule has 0 saturated carbocycles. The third-order valence-corrected chi connectivity index (χ3v) is 2.75. The van der Waals surface area contributed by atoms with Gasteiger partial charge in [-0.05, 0) is 25.1 Å². The topological polar surface area (TPSA) is 61.7 Å². The Kier molecular flexibility index (Phi) is 3.93. The molecule has 0 aliphatic rings. The SMILES string of the molecule is C/C(=N\O)c1ccccc1NC(=O)c1ccccc1. The Morgan fingerprint density at radius 1 is 1.05 bits per heavy atom. The molecule has 1 amide bonds. The number of carbonyl (C=O) groups is 1. The minimum absolute atomic E-state index is 0.196. The van der Waals surface area contributed by atoms with Crippen LogP contribution in [0.4, 0.5) is 5.69 Å². The lowest BCUT2D eigenvalue weighted by Crippen LogP contribution is -2.14. The van der Waals surface area contributed by atoms with Gasteiger partial charge in [0.25, 0.3) is 5.91 Å². The normalized spacial score (nSPS) is 11.1. The van der Waals surface area contributed by atoms with Crippen molar-refractivity contribution in [3.63, 3.8) is 0 Å². The molecule has 0 atom stereocenters. The van der Waals surface area contributed by atoms with Gasteiger partial charge < -0.3 is 10.5 Å². The third kappa shape index (κ3) is 2.98. The zero-order chi connectivity index (χ0) is 13.7. The summed E-state index contributed by atoms with van der Waals surface area (Å²) in [6.45, 7) is 1.67. The van der Waals surface area contributed by atoms with Gasteiger partial charge in [0.1, 0.15) is 0 Å². The molecule has 0 aliphatic carbocycles. The second-order valence-electron chi connectivity index (χ2n) is 4.05. The Morgan fingerprint density at radius 2 is 1.68 bits per heavy atom. The van der Waals surface area contributed by atoms with Crippen molar-refractivity contribution in [2.45, 2.75) is 6.92 Å². The molecule has 2 N–H and O–H groups in total. The fourth-order valence-corrected chi connectivity index (χ4v) is 1.75. The van der Waals surface area contributed by atoms with E-state index in [2.05, 4.69) is 10.5 Å². The van der Waals surface area contributed by atoms with E-state index in [1.54, 1.807) is 43.3 Å². The molecule has 0 aromatic heterocycles. The predicted octanol–water partition coefficient (Wildman–Crippen LogP) is 3.14. The molecule has 0 fully saturated rings. The van der Waals surface area contributed by atoms with Gasteiger partial charge in [0.05, 0.1) is 11.4 Å². The monoisotopic (exact) mass is 254 g/mol. The van der Waals surface area contributed by atoms with Crippen LogP contribution in [0.25, 0.3) is 0 Å². The van der Waals surface area contributed by atoms with Crippen molar-refractivity contribution in [3.05, 3.63) is 65.7 Å². The highest BCUT2D eigenvalue weighted by atomic mass is 16.4. The van der Waals surface area contributed by atoms with Crippen LogP contribution in [-0.2, 0) is 0 Å². The summed E-state index contributed by atoms with van der Waals surface area (Å²) in [6.07, 6.45) is 0. The molecule has 96 valence electrons. The first-order valence-electron chi connectivity index (χ1n) is 5.87. The largest absolute Gasteiger partial charge is 0.411 e. The number of nitrogens with one attached hydrogen (secondary N) is 1. The van der Waals surface area contributed by atoms with Crippen LogP contribution < -0.4 is 5.32 Å². The van der Waals surface area contributed by atoms with Crippen molar-refractivity contribution in [2.75, 3.05) is 5.32 Å². The molecule has 2 rings (SSSR count). The smallest absolute Gasteiger partial charge is 0.255 e. The molecule has 2 aromatic rings. The third-order valence-electron chi connectivity index (χ3n) is 2.75. The van der Waals surface area contributed by atoms with Gasteiger partial charge in [0.15, 0.2) is 0 Å². The van der Waals surface area contributed by atoms with Crippen LogP contribution in [0.2, 0.25) is 0 Å². The maximum Gasteiger partial charge on any atom is 0.255 e. The van der Waals surface area contributed by atoms with Crippen molar-refractivity contribution in [1.82, 2.24) is 0 Å². The molecule has 0 saturated heterocycles. The summed E-state index contributed by atoms with van der Waals surface area (Å²) >= 11 is 0. The molecule has 4 nitrogen and oxygen atoms in total. The number of hydrogen-bond donors (Lipinski definition) is 2. The number of carbonyl (C=O) groups excluding carboxylic acids is 1. The van der Waals surface area contributed by atoms with Crippen LogP contribution in [0.5, 0.6) is 0 Å². The quantitative estimate of drug-likeness (QED) is 0.502. The van der Waals surface area contributed by atoms with Crippen molar-refractivity contribution in [1.29, 1.82) is 0 Å². The van der Waals surface area contributed by atoms with E-state index < -0.39 is 0 Å². The molecule has 0 spiro atoms. The van der Waals surface area contributed by atoms with Crippen molar-refractivity contribution in [2.24, 2.45) is 5.16 Å². The first kappa shape index (κ1) is 12.8. The lowest BCUT2D eigenvalue weighted by atomic mass is 10.1. The van der Waals surface area contributed by atoms with Gasteiger partial charge in [0, 0.05) is 11.1 Å². The minimum Gasteiger partial charge on any atom is -0.411 e. The molecule has 4 heteroatoms. The summed E-state index contributed by atoms with van der Waals surface area (Å²) in [4.78, 5) is 12.1. The van der Waals surface area contributed by atoms with Crippen molar-refractivity contribution in [3.8, 4) is 0 Å². The average molecular weight is 254 g/mol. The summed E-state index contributed by atoms with van der Waals surface area (Å²) in [5.74, 6) is -0.196. The molecule has 19 heavy (non-hydrogen) atoms. The molecule has 0 unspecified atom stereocenters. The highest BCUT2D eigenvalue weighted by Gasteiger charge is 2.10. The molecule has 2 aromatic carbocycles. The van der Waals surface area contributed by atoms with E-state index in [9.17, 15) is 4.79 Å². The van der Waals surface area contributed by atoms with Crippen LogP contribution in [0, 0.1) is 0 Å². The Morgan fingerprint density at radius 3 is 2.37 bits per heavy atom. The molecule has 0 radical (unpaired) electrons. The Bertz CT molecular complexity index is 607. The van der Waals surface area contributed by atoms with Gasteiger partial charge in [-0.3, -0.25) is 4.79 Å². The molecular weight excluding hydrogens is 240 g/mol. The Balaban J connectivity index is 2.27. The predicted molar refractivity (Wildman–Crippen MR) is 74.8 cm³/mol. The summed E-state index contributed by atoms with van der Waals surface area (Å²) < 4.78 is 0. The summed E-state index contributed by atoms with van der Waals surface area (Å²) in [5.41, 5.74) is 2.33. The maximum absolute atomic E-state index is 12.1. The van der Waals surface area contributed by atoms with Gasteiger partial charge in [-0.2, -0.15) is 0 Å². The van der Waals surface area contributed by atoms with E-state index in [0.29, 0.717) is 22.5 Å². The summed E-state index contributed by atoms with van der Waals surface area (Å²) in [6, 6.07) is 16.1. The molecular formula is C15H14N2O2. The van der Waals surface area contributed by atoms with E-state index in [4.69, 9.17) is 5.21 Å². The second kappa shape index (κ2) is 5.82. The van der Waals surface area contributed by atoms with E-state index in [1.807, 2.05) is 18.2 Å². The number of para-hydroxylation sites is 1. The second-order valence-corrected chi connectivity index (χ2v) is 4.05. The van der Waals surface area contributed by atoms with Crippen LogP contribution in [0.1, 0.15) is 22.8 Å². The van der Waals surface area contributed by atoms with E-state index in [0.717, 1.165) is 0 Å². The maximum atomic E-state index is 12.1. The van der Waals surface area contributed by atoms with Crippen LogP contribution >= 0.6 is 0 Å². The first-order chi connectivity index (χ1) is 9.22. The van der Waals surface area contributed by atoms with Crippen LogP contribution in [-0.4, -0.2) is 16.8 Å². The summed E-state index contributed by atoms with van der Waals surface area (Å²) in [5, 5.41) is 14.8. The number of benzene rings is 2. The number of anilines is 1. The molecule has 0 aliphatic heterocycles. The highest BCUT2D eigenvalue weighted by Crippen LogP contribution is 2.17. The van der Waals surface area contributed by atoms with E-state index in [1.165, 1.54) is 0 Å². The highest BCUT2D eigenvalue weighted by molar-refractivity contribution is 6.10. The zero-order valence-corrected chi connectivity index (χ0v) is 10.5. The van der Waals surface area contributed by atoms with Crippen LogP contribution in [0.3, 0.4) is 0 Å². The number of hydrogen-bond acceptors (Lipinski definition) is 3. The molecule has 0 bridgehead atoms. The van der Waals surface area contributed by atoms with Crippen molar-refractivity contribution >= 4 is 17.3 Å². The fraction of sp³-hybridized carbons (Fsp3) is 0.0667. The number of rotatable bonds is 3. The zero-order valence-electron chi connectivity index (χ0n) is 10.5. The van der Waals surface area contributed by atoms with Gasteiger partial charge >= 0.3 is 0 Å². The minimum atomic E-state index is -0.196. The van der Waals surface area contributed by atoms with Gasteiger partial charge in [-0.25, -0.2) is 0 Å². The lowest BCUT2D eigenvalue weighted by molar-refractivity contribution is 0.102. The number of nitrogens with zero attached hydrogens (tertiary/aromatic N) is 1. The van der Waals surface area contributed by atoms with Gasteiger partial charge in [-0.15, -0.1) is 0 Å².